The van der Waals surface area contributed by atoms with Crippen molar-refractivity contribution in [1.82, 2.24) is 10.2 Å². The summed E-state index contributed by atoms with van der Waals surface area (Å²) in [5.41, 5.74) is 1.14. The van der Waals surface area contributed by atoms with Crippen molar-refractivity contribution < 1.29 is 9.84 Å². The Morgan fingerprint density at radius 3 is 2.86 bits per heavy atom. The Hall–Kier alpha value is -0.650. The molecule has 1 aromatic carbocycles. The standard InChI is InChI=1S/C16H25ClN2O2/c1-12-9-19(10-13(11-20)21-12)8-7-16(18-2)14-5-3-4-6-15(14)17/h3-6,12-13,16,18,20H,7-11H2,1-2H3. The van der Waals surface area contributed by atoms with Gasteiger partial charge in [-0.2, -0.15) is 0 Å². The van der Waals surface area contributed by atoms with Crippen molar-refractivity contribution in [2.24, 2.45) is 0 Å². The summed E-state index contributed by atoms with van der Waals surface area (Å²) in [6.07, 6.45) is 1.08. The van der Waals surface area contributed by atoms with E-state index in [9.17, 15) is 5.11 Å². The Morgan fingerprint density at radius 2 is 2.19 bits per heavy atom. The third-order valence-corrected chi connectivity index (χ3v) is 4.31. The number of aliphatic hydroxyl groups is 1. The highest BCUT2D eigenvalue weighted by atomic mass is 35.5. The van der Waals surface area contributed by atoms with Gasteiger partial charge in [0.25, 0.3) is 0 Å². The van der Waals surface area contributed by atoms with Crippen molar-refractivity contribution in [3.05, 3.63) is 34.9 Å². The van der Waals surface area contributed by atoms with Crippen molar-refractivity contribution in [3.8, 4) is 0 Å². The van der Waals surface area contributed by atoms with Crippen molar-refractivity contribution in [1.29, 1.82) is 0 Å². The van der Waals surface area contributed by atoms with Crippen LogP contribution in [-0.4, -0.2) is 55.5 Å². The Kier molecular flexibility index (Phi) is 6.45. The first-order valence-electron chi connectivity index (χ1n) is 7.54. The molecular weight excluding hydrogens is 288 g/mol. The lowest BCUT2D eigenvalue weighted by Gasteiger charge is -2.36. The molecule has 5 heteroatoms. The zero-order valence-corrected chi connectivity index (χ0v) is 13.5. The summed E-state index contributed by atoms with van der Waals surface area (Å²) >= 11 is 6.28. The lowest BCUT2D eigenvalue weighted by atomic mass is 10.0. The Bertz CT molecular complexity index is 444. The third-order valence-electron chi connectivity index (χ3n) is 3.97. The quantitative estimate of drug-likeness (QED) is 0.844. The summed E-state index contributed by atoms with van der Waals surface area (Å²) in [7, 11) is 1.96. The minimum Gasteiger partial charge on any atom is -0.394 e. The van der Waals surface area contributed by atoms with E-state index in [1.54, 1.807) is 0 Å². The molecule has 0 aliphatic carbocycles. The lowest BCUT2D eigenvalue weighted by molar-refractivity contribution is -0.0955. The van der Waals surface area contributed by atoms with Crippen LogP contribution in [0.3, 0.4) is 0 Å². The maximum absolute atomic E-state index is 9.28. The van der Waals surface area contributed by atoms with Gasteiger partial charge in [-0.1, -0.05) is 29.8 Å². The number of morpholine rings is 1. The fourth-order valence-electron chi connectivity index (χ4n) is 2.95. The van der Waals surface area contributed by atoms with Crippen LogP contribution >= 0.6 is 11.6 Å². The molecule has 3 atom stereocenters. The topological polar surface area (TPSA) is 44.7 Å². The van der Waals surface area contributed by atoms with Gasteiger partial charge in [-0.05, 0) is 32.0 Å². The fourth-order valence-corrected chi connectivity index (χ4v) is 3.22. The fraction of sp³-hybridized carbons (Fsp3) is 0.625. The van der Waals surface area contributed by atoms with E-state index in [1.165, 1.54) is 0 Å². The number of nitrogens with one attached hydrogen (secondary N) is 1. The van der Waals surface area contributed by atoms with Crippen LogP contribution in [0.1, 0.15) is 24.9 Å². The van der Waals surface area contributed by atoms with E-state index < -0.39 is 0 Å². The highest BCUT2D eigenvalue weighted by Gasteiger charge is 2.25. The van der Waals surface area contributed by atoms with Gasteiger partial charge in [0, 0.05) is 30.7 Å². The van der Waals surface area contributed by atoms with Gasteiger partial charge < -0.3 is 15.2 Å². The molecule has 0 amide bonds. The molecule has 4 nitrogen and oxygen atoms in total. The van der Waals surface area contributed by atoms with E-state index in [4.69, 9.17) is 16.3 Å². The van der Waals surface area contributed by atoms with Gasteiger partial charge in [-0.3, -0.25) is 4.90 Å². The molecule has 0 bridgehead atoms. The van der Waals surface area contributed by atoms with E-state index in [0.717, 1.165) is 36.6 Å². The predicted octanol–water partition coefficient (Wildman–Crippen LogP) is 2.07. The first-order chi connectivity index (χ1) is 10.1. The van der Waals surface area contributed by atoms with Crippen LogP contribution in [0.5, 0.6) is 0 Å². The zero-order chi connectivity index (χ0) is 15.2. The Morgan fingerprint density at radius 1 is 1.43 bits per heavy atom. The molecule has 1 aliphatic rings. The second kappa shape index (κ2) is 8.11. The van der Waals surface area contributed by atoms with Gasteiger partial charge in [-0.15, -0.1) is 0 Å². The number of benzene rings is 1. The van der Waals surface area contributed by atoms with Crippen molar-refractivity contribution in [3.63, 3.8) is 0 Å². The number of hydrogen-bond donors (Lipinski definition) is 2. The van der Waals surface area contributed by atoms with Crippen LogP contribution in [-0.2, 0) is 4.74 Å². The lowest BCUT2D eigenvalue weighted by Crippen LogP contribution is -2.48. The zero-order valence-electron chi connectivity index (χ0n) is 12.8. The minimum absolute atomic E-state index is 0.0675. The van der Waals surface area contributed by atoms with E-state index in [1.807, 2.05) is 25.2 Å². The summed E-state index contributed by atoms with van der Waals surface area (Å²) < 4.78 is 5.67. The molecule has 1 fully saturated rings. The van der Waals surface area contributed by atoms with Crippen LogP contribution in [0.2, 0.25) is 5.02 Å². The number of halogens is 1. The van der Waals surface area contributed by atoms with E-state index >= 15 is 0 Å². The molecule has 1 aromatic rings. The minimum atomic E-state index is -0.0675. The summed E-state index contributed by atoms with van der Waals surface area (Å²) in [4.78, 5) is 2.36. The van der Waals surface area contributed by atoms with Crippen LogP contribution in [0, 0.1) is 0 Å². The van der Waals surface area contributed by atoms with E-state index in [0.29, 0.717) is 0 Å². The van der Waals surface area contributed by atoms with Crippen molar-refractivity contribution in [2.45, 2.75) is 31.6 Å². The molecule has 1 heterocycles. The molecule has 2 N–H and O–H groups in total. The first kappa shape index (κ1) is 16.7. The largest absolute Gasteiger partial charge is 0.394 e. The Labute approximate surface area is 132 Å². The number of rotatable bonds is 6. The van der Waals surface area contributed by atoms with Gasteiger partial charge >= 0.3 is 0 Å². The number of nitrogens with zero attached hydrogens (tertiary/aromatic N) is 1. The molecule has 2 rings (SSSR count). The molecule has 0 aromatic heterocycles. The van der Waals surface area contributed by atoms with Crippen LogP contribution in [0.4, 0.5) is 0 Å². The van der Waals surface area contributed by atoms with Gasteiger partial charge in [-0.25, -0.2) is 0 Å². The van der Waals surface area contributed by atoms with Crippen LogP contribution in [0.25, 0.3) is 0 Å². The molecule has 3 unspecified atom stereocenters. The van der Waals surface area contributed by atoms with E-state index in [2.05, 4.69) is 23.2 Å². The average Bonchev–Trinajstić information content (AvgIpc) is 2.49. The predicted molar refractivity (Wildman–Crippen MR) is 85.7 cm³/mol. The second-order valence-electron chi connectivity index (χ2n) is 5.66. The maximum Gasteiger partial charge on any atom is 0.0936 e. The molecule has 1 aliphatic heterocycles. The smallest absolute Gasteiger partial charge is 0.0936 e. The maximum atomic E-state index is 9.28. The molecule has 1 saturated heterocycles. The van der Waals surface area contributed by atoms with Crippen molar-refractivity contribution >= 4 is 11.6 Å². The summed E-state index contributed by atoms with van der Waals surface area (Å²) in [6.45, 7) is 4.80. The number of aliphatic hydroxyl groups excluding tert-OH is 1. The van der Waals surface area contributed by atoms with Gasteiger partial charge in [0.15, 0.2) is 0 Å². The first-order valence-corrected chi connectivity index (χ1v) is 7.92. The molecule has 0 saturated carbocycles. The third kappa shape index (κ3) is 4.66. The van der Waals surface area contributed by atoms with Gasteiger partial charge in [0.05, 0.1) is 18.8 Å². The monoisotopic (exact) mass is 312 g/mol. The number of hydrogen-bond acceptors (Lipinski definition) is 4. The molecule has 118 valence electrons. The van der Waals surface area contributed by atoms with Crippen LogP contribution < -0.4 is 5.32 Å². The van der Waals surface area contributed by atoms with Gasteiger partial charge in [0.2, 0.25) is 0 Å². The summed E-state index contributed by atoms with van der Waals surface area (Å²) in [5, 5.41) is 13.4. The normalized spacial score (nSPS) is 25.0. The number of ether oxygens (including phenoxy) is 1. The molecular formula is C16H25ClN2O2. The molecule has 21 heavy (non-hydrogen) atoms. The highest BCUT2D eigenvalue weighted by Crippen LogP contribution is 2.25. The molecule has 0 radical (unpaired) electrons. The van der Waals surface area contributed by atoms with Crippen LogP contribution in [0.15, 0.2) is 24.3 Å². The van der Waals surface area contributed by atoms with Crippen molar-refractivity contribution in [2.75, 3.05) is 33.3 Å². The molecule has 0 spiro atoms. The average molecular weight is 313 g/mol. The summed E-state index contributed by atoms with van der Waals surface area (Å²) in [5.74, 6) is 0. The second-order valence-corrected chi connectivity index (χ2v) is 6.07. The summed E-state index contributed by atoms with van der Waals surface area (Å²) in [6, 6.07) is 8.21. The van der Waals surface area contributed by atoms with Gasteiger partial charge in [0.1, 0.15) is 0 Å². The highest BCUT2D eigenvalue weighted by molar-refractivity contribution is 6.31. The Balaban J connectivity index is 1.92. The van der Waals surface area contributed by atoms with E-state index in [-0.39, 0.29) is 24.9 Å². The SMILES string of the molecule is CNC(CCN1CC(C)OC(CO)C1)c1ccccc1Cl.